The second-order valence-electron chi connectivity index (χ2n) is 6.84. The number of alkyl halides is 9. The van der Waals surface area contributed by atoms with Crippen LogP contribution in [0.1, 0.15) is 20.8 Å². The molecule has 11 heteroatoms. The molecular weight excluding hydrogens is 470 g/mol. The van der Waals surface area contributed by atoms with Crippen LogP contribution >= 0.6 is 0 Å². The van der Waals surface area contributed by atoms with Gasteiger partial charge in [0.1, 0.15) is 0 Å². The predicted molar refractivity (Wildman–Crippen MR) is 85.3 cm³/mol. The van der Waals surface area contributed by atoms with Crippen molar-refractivity contribution in [2.24, 2.45) is 5.41 Å². The van der Waals surface area contributed by atoms with Gasteiger partial charge in [0.2, 0.25) is 0 Å². The number of halogens is 9. The molecule has 158 valence electrons. The molecule has 28 heavy (non-hydrogen) atoms. The van der Waals surface area contributed by atoms with Crippen LogP contribution in [-0.2, 0) is 4.79 Å². The van der Waals surface area contributed by atoms with E-state index in [4.69, 9.17) is 0 Å². The first kappa shape index (κ1) is 24.6. The van der Waals surface area contributed by atoms with Gasteiger partial charge in [0.05, 0.1) is 0 Å². The van der Waals surface area contributed by atoms with Crippen LogP contribution in [-0.4, -0.2) is 44.7 Å². The Bertz CT molecular complexity index is 731. The third-order valence-electron chi connectivity index (χ3n) is 3.19. The van der Waals surface area contributed by atoms with E-state index in [0.29, 0.717) is 0 Å². The summed E-state index contributed by atoms with van der Waals surface area (Å²) in [6, 6.07) is 7.22. The normalized spacial score (nSPS) is 14.9. The number of hydrogen-bond donors (Lipinski definition) is 0. The molecule has 0 aromatic heterocycles. The molecule has 1 aromatic carbocycles. The van der Waals surface area contributed by atoms with Crippen molar-refractivity contribution < 1.29 is 44.3 Å². The number of carbonyl (C=O) groups excluding carboxylic acids is 1. The maximum absolute atomic E-state index is 14.0. The molecule has 1 rings (SSSR count). The summed E-state index contributed by atoms with van der Waals surface area (Å²) < 4.78 is 118. The van der Waals surface area contributed by atoms with E-state index in [1.165, 1.54) is 45.0 Å². The Labute approximate surface area is 161 Å². The average Bonchev–Trinajstić information content (AvgIpc) is 2.51. The third kappa shape index (κ3) is 4.92. The quantitative estimate of drug-likeness (QED) is 0.316. The number of rotatable bonds is 6. The van der Waals surface area contributed by atoms with E-state index in [1.54, 1.807) is 6.07 Å². The van der Waals surface area contributed by atoms with Crippen LogP contribution in [0.15, 0.2) is 40.9 Å². The molecule has 1 aromatic rings. The molecule has 0 heterocycles. The SMILES string of the molecule is CC(C)(C)/C=C(\[Se]c1ccccc1)C(=O)C(F)(F)C(F)(F)C(F)(F)C(F)(F)F. The summed E-state index contributed by atoms with van der Waals surface area (Å²) in [6.45, 7) is 4.26. The fourth-order valence-electron chi connectivity index (χ4n) is 1.82. The van der Waals surface area contributed by atoms with Crippen molar-refractivity contribution in [3.8, 4) is 0 Å². The fraction of sp³-hybridized carbons (Fsp3) is 0.471. The van der Waals surface area contributed by atoms with Crippen LogP contribution in [0.3, 0.4) is 0 Å². The number of ketones is 1. The zero-order valence-corrected chi connectivity index (χ0v) is 16.4. The minimum atomic E-state index is -7.11. The third-order valence-corrected chi connectivity index (χ3v) is 5.35. The topological polar surface area (TPSA) is 17.1 Å². The number of allylic oxidation sites excluding steroid dienone is 2. The minimum absolute atomic E-state index is 0.264. The number of carbonyl (C=O) groups is 1. The predicted octanol–water partition coefficient (Wildman–Crippen LogP) is 4.98. The van der Waals surface area contributed by atoms with Crippen molar-refractivity contribution in [3.05, 3.63) is 40.9 Å². The van der Waals surface area contributed by atoms with E-state index in [2.05, 4.69) is 0 Å². The summed E-state index contributed by atoms with van der Waals surface area (Å²) in [5.74, 6) is -23.1. The van der Waals surface area contributed by atoms with Gasteiger partial charge in [-0.15, -0.1) is 0 Å². The Morgan fingerprint density at radius 2 is 1.29 bits per heavy atom. The second kappa shape index (κ2) is 7.74. The summed E-state index contributed by atoms with van der Waals surface area (Å²) in [6.07, 6.45) is -6.10. The van der Waals surface area contributed by atoms with Gasteiger partial charge in [0.25, 0.3) is 0 Å². The van der Waals surface area contributed by atoms with Crippen molar-refractivity contribution in [2.45, 2.75) is 44.7 Å². The number of Topliss-reactive ketones (excluding diaryl/α,β-unsaturated/α-hetero) is 1. The van der Waals surface area contributed by atoms with Crippen LogP contribution in [0.4, 0.5) is 39.5 Å². The van der Waals surface area contributed by atoms with Crippen molar-refractivity contribution in [1.82, 2.24) is 0 Å². The van der Waals surface area contributed by atoms with Crippen LogP contribution < -0.4 is 4.46 Å². The molecule has 0 aliphatic heterocycles. The molecule has 0 aliphatic carbocycles. The number of hydrogen-bond acceptors (Lipinski definition) is 1. The second-order valence-corrected chi connectivity index (χ2v) is 9.18. The van der Waals surface area contributed by atoms with Crippen LogP contribution in [0.25, 0.3) is 0 Å². The van der Waals surface area contributed by atoms with E-state index < -0.39 is 54.6 Å². The summed E-state index contributed by atoms with van der Waals surface area (Å²) >= 11 is -1.33. The first-order chi connectivity index (χ1) is 12.3. The monoisotopic (exact) mass is 486 g/mol. The Morgan fingerprint density at radius 3 is 1.68 bits per heavy atom. The van der Waals surface area contributed by atoms with E-state index in [-0.39, 0.29) is 4.46 Å². The Morgan fingerprint density at radius 1 is 0.821 bits per heavy atom. The average molecular weight is 485 g/mol. The van der Waals surface area contributed by atoms with Gasteiger partial charge >= 0.3 is 161 Å². The van der Waals surface area contributed by atoms with Crippen LogP contribution in [0, 0.1) is 5.41 Å². The molecule has 0 amide bonds. The summed E-state index contributed by atoms with van der Waals surface area (Å²) in [5.41, 5.74) is -1.01. The summed E-state index contributed by atoms with van der Waals surface area (Å²) in [4.78, 5) is 12.1. The molecule has 0 fully saturated rings. The molecule has 0 N–H and O–H groups in total. The van der Waals surface area contributed by atoms with Gasteiger partial charge in [0, 0.05) is 0 Å². The zero-order valence-electron chi connectivity index (χ0n) is 14.7. The first-order valence-electron chi connectivity index (χ1n) is 7.55. The zero-order chi connectivity index (χ0) is 22.2. The van der Waals surface area contributed by atoms with Gasteiger partial charge in [-0.1, -0.05) is 0 Å². The molecule has 0 saturated heterocycles. The van der Waals surface area contributed by atoms with Gasteiger partial charge in [-0.3, -0.25) is 0 Å². The van der Waals surface area contributed by atoms with Gasteiger partial charge in [-0.25, -0.2) is 0 Å². The van der Waals surface area contributed by atoms with E-state index in [1.807, 2.05) is 0 Å². The molecule has 0 radical (unpaired) electrons. The van der Waals surface area contributed by atoms with Gasteiger partial charge in [-0.2, -0.15) is 0 Å². The molecule has 1 nitrogen and oxygen atoms in total. The molecule has 0 aliphatic rings. The Kier molecular flexibility index (Phi) is 6.79. The van der Waals surface area contributed by atoms with Gasteiger partial charge in [0.15, 0.2) is 0 Å². The number of benzene rings is 1. The first-order valence-corrected chi connectivity index (χ1v) is 9.26. The summed E-state index contributed by atoms with van der Waals surface area (Å²) in [5, 5.41) is 0. The standard InChI is InChI=1S/C17H15F9OSe/c1-13(2,3)9-11(28-10-7-5-4-6-8-10)12(27)14(18,19)15(20,21)16(22,23)17(24,25)26/h4-9H,1-3H3/b11-9-. The Balaban J connectivity index is 3.46. The van der Waals surface area contributed by atoms with Gasteiger partial charge < -0.3 is 0 Å². The van der Waals surface area contributed by atoms with E-state index in [0.717, 1.165) is 6.08 Å². The maximum atomic E-state index is 14.0. The van der Waals surface area contributed by atoms with Crippen LogP contribution in [0.5, 0.6) is 0 Å². The molecule has 0 bridgehead atoms. The fourth-order valence-corrected chi connectivity index (χ4v) is 4.30. The van der Waals surface area contributed by atoms with E-state index >= 15 is 0 Å². The van der Waals surface area contributed by atoms with Crippen molar-refractivity contribution >= 4 is 25.2 Å². The molecule has 0 saturated carbocycles. The molecule has 0 spiro atoms. The molecule has 0 atom stereocenters. The van der Waals surface area contributed by atoms with Gasteiger partial charge in [-0.05, 0) is 0 Å². The Hall–Kier alpha value is -1.48. The van der Waals surface area contributed by atoms with E-state index in [9.17, 15) is 44.3 Å². The van der Waals surface area contributed by atoms with Crippen LogP contribution in [0.2, 0.25) is 0 Å². The molecule has 0 unspecified atom stereocenters. The van der Waals surface area contributed by atoms with Crippen molar-refractivity contribution in [2.75, 3.05) is 0 Å². The van der Waals surface area contributed by atoms with Crippen molar-refractivity contribution in [1.29, 1.82) is 0 Å². The molecular formula is C17H15F9OSe. The van der Waals surface area contributed by atoms with Crippen molar-refractivity contribution in [3.63, 3.8) is 0 Å². The summed E-state index contributed by atoms with van der Waals surface area (Å²) in [7, 11) is 0.